The van der Waals surface area contributed by atoms with Crippen LogP contribution in [0.2, 0.25) is 0 Å². The maximum Gasteiger partial charge on any atom is 0.233 e. The summed E-state index contributed by atoms with van der Waals surface area (Å²) in [7, 11) is 0. The van der Waals surface area contributed by atoms with Crippen molar-refractivity contribution in [3.8, 4) is 0 Å². The van der Waals surface area contributed by atoms with Gasteiger partial charge in [-0.05, 0) is 89.9 Å². The van der Waals surface area contributed by atoms with Crippen LogP contribution in [0.5, 0.6) is 0 Å². The first kappa shape index (κ1) is 46.9. The number of hydrogen-bond donors (Lipinski definition) is 2. The Bertz CT molecular complexity index is 2310. The molecule has 2 aliphatic rings. The van der Waals surface area contributed by atoms with E-state index in [-0.39, 0.29) is 46.2 Å². The number of aromatic nitrogens is 3. The number of unbranched alkanes of at least 4 members (excludes halogenated alkanes) is 4. The number of fused-ring (bicyclic) bond motifs is 4. The third-order valence-corrected chi connectivity index (χ3v) is 12.4. The number of anilines is 5. The number of carbonyl (C=O) groups is 4. The number of benzene rings is 4. The summed E-state index contributed by atoms with van der Waals surface area (Å²) in [6.45, 7) is 16.5. The Morgan fingerprint density at radius 3 is 1.09 bits per heavy atom. The minimum absolute atomic E-state index is 0.160. The molecule has 0 spiro atoms. The highest BCUT2D eigenvalue weighted by Crippen LogP contribution is 2.35. The van der Waals surface area contributed by atoms with Crippen molar-refractivity contribution in [1.82, 2.24) is 24.8 Å². The standard InChI is InChI=1S/C53H64N8O4/c1-5-9-29-59(30-10-6-2)33-19-35-61(36-20-34-60(31-11-7-3)32-12-8-4)53-57-51(54-43-27-17-25-41-45(43)49(64)39-23-15-13-21-37(39)47(41)62)56-52(58-53)55-44-28-18-26-42-46(44)50(65)40-24-16-14-22-38(40)48(42)63/h13-18,21-28H,5-12,19-20,29-36H2,1-4H3,(H2,54,55,56,57,58). The highest BCUT2D eigenvalue weighted by Gasteiger charge is 2.33. The molecule has 0 fully saturated rings. The lowest BCUT2D eigenvalue weighted by Crippen LogP contribution is -2.35. The number of nitrogens with one attached hydrogen (secondary N) is 2. The third-order valence-electron chi connectivity index (χ3n) is 12.4. The minimum atomic E-state index is -0.265. The normalized spacial score (nSPS) is 12.9. The van der Waals surface area contributed by atoms with Gasteiger partial charge in [0.2, 0.25) is 17.8 Å². The van der Waals surface area contributed by atoms with Crippen molar-refractivity contribution in [2.75, 3.05) is 67.9 Å². The molecule has 65 heavy (non-hydrogen) atoms. The zero-order chi connectivity index (χ0) is 45.7. The van der Waals surface area contributed by atoms with Crippen LogP contribution in [0.25, 0.3) is 0 Å². The molecule has 0 unspecified atom stereocenters. The van der Waals surface area contributed by atoms with Crippen molar-refractivity contribution in [3.63, 3.8) is 0 Å². The van der Waals surface area contributed by atoms with Gasteiger partial charge in [0.15, 0.2) is 23.1 Å². The second-order valence-corrected chi connectivity index (χ2v) is 17.2. The topological polar surface area (TPSA) is 141 Å². The fraction of sp³-hybridized carbons (Fsp3) is 0.415. The van der Waals surface area contributed by atoms with E-state index >= 15 is 0 Å². The Balaban J connectivity index is 1.27. The van der Waals surface area contributed by atoms with Gasteiger partial charge in [0, 0.05) is 46.5 Å². The van der Waals surface area contributed by atoms with Gasteiger partial charge in [-0.3, -0.25) is 19.2 Å². The molecule has 7 rings (SSSR count). The lowest BCUT2D eigenvalue weighted by Gasteiger charge is -2.28. The highest BCUT2D eigenvalue weighted by atomic mass is 16.1. The molecular weight excluding hydrogens is 813 g/mol. The zero-order valence-electron chi connectivity index (χ0n) is 38.6. The van der Waals surface area contributed by atoms with Crippen LogP contribution in [-0.4, -0.2) is 100 Å². The number of rotatable bonds is 25. The molecule has 340 valence electrons. The van der Waals surface area contributed by atoms with Crippen LogP contribution in [0.4, 0.5) is 29.2 Å². The summed E-state index contributed by atoms with van der Waals surface area (Å²) in [4.78, 5) is 78.0. The average Bonchev–Trinajstić information content (AvgIpc) is 3.33. The van der Waals surface area contributed by atoms with E-state index in [1.807, 2.05) is 0 Å². The summed E-state index contributed by atoms with van der Waals surface area (Å²) < 4.78 is 0. The molecule has 0 saturated heterocycles. The Morgan fingerprint density at radius 2 is 0.723 bits per heavy atom. The first-order valence-corrected chi connectivity index (χ1v) is 23.9. The van der Waals surface area contributed by atoms with Crippen LogP contribution >= 0.6 is 0 Å². The van der Waals surface area contributed by atoms with Gasteiger partial charge in [0.05, 0.1) is 22.5 Å². The van der Waals surface area contributed by atoms with Crippen LogP contribution in [0.15, 0.2) is 84.9 Å². The molecule has 0 radical (unpaired) electrons. The second kappa shape index (κ2) is 22.7. The van der Waals surface area contributed by atoms with E-state index in [0.717, 1.165) is 103 Å². The van der Waals surface area contributed by atoms with Gasteiger partial charge >= 0.3 is 0 Å². The molecule has 2 N–H and O–H groups in total. The SMILES string of the molecule is CCCCN(CCCC)CCCN(CCCN(CCCC)CCCC)c1nc(Nc2cccc3c2C(=O)c2ccccc2C3=O)nc(Nc2cccc3c2C(=O)c2ccccc2C3=O)n1. The van der Waals surface area contributed by atoms with Crippen molar-refractivity contribution in [1.29, 1.82) is 0 Å². The number of hydrogen-bond acceptors (Lipinski definition) is 12. The van der Waals surface area contributed by atoms with E-state index in [9.17, 15) is 19.2 Å². The predicted octanol–water partition coefficient (Wildman–Crippen LogP) is 10.3. The molecule has 4 aromatic carbocycles. The van der Waals surface area contributed by atoms with E-state index in [1.54, 1.807) is 84.9 Å². The molecule has 1 aromatic heterocycles. The van der Waals surface area contributed by atoms with Crippen LogP contribution in [0.1, 0.15) is 156 Å². The number of nitrogens with zero attached hydrogens (tertiary/aromatic N) is 6. The van der Waals surface area contributed by atoms with Gasteiger partial charge in [-0.2, -0.15) is 15.0 Å². The van der Waals surface area contributed by atoms with Gasteiger partial charge in [0.25, 0.3) is 0 Å². The lowest BCUT2D eigenvalue weighted by molar-refractivity contribution is 0.0979. The number of ketones is 4. The quantitative estimate of drug-likeness (QED) is 0.0565. The highest BCUT2D eigenvalue weighted by molar-refractivity contribution is 6.31. The Labute approximate surface area is 384 Å². The van der Waals surface area contributed by atoms with Gasteiger partial charge in [0.1, 0.15) is 0 Å². The Morgan fingerprint density at radius 1 is 0.385 bits per heavy atom. The Hall–Kier alpha value is -6.11. The molecule has 0 atom stereocenters. The van der Waals surface area contributed by atoms with Crippen LogP contribution < -0.4 is 15.5 Å². The summed E-state index contributed by atoms with van der Waals surface area (Å²) >= 11 is 0. The molecule has 0 bridgehead atoms. The van der Waals surface area contributed by atoms with E-state index in [1.165, 1.54) is 0 Å². The molecule has 2 aliphatic carbocycles. The summed E-state index contributed by atoms with van der Waals surface area (Å²) in [6, 6.07) is 24.1. The van der Waals surface area contributed by atoms with E-state index in [4.69, 9.17) is 15.0 Å². The Kier molecular flexibility index (Phi) is 16.4. The molecular formula is C53H64N8O4. The van der Waals surface area contributed by atoms with Crippen LogP contribution in [0, 0.1) is 0 Å². The van der Waals surface area contributed by atoms with Crippen LogP contribution in [-0.2, 0) is 0 Å². The van der Waals surface area contributed by atoms with Crippen molar-refractivity contribution in [2.45, 2.75) is 91.9 Å². The maximum absolute atomic E-state index is 14.1. The van der Waals surface area contributed by atoms with Gasteiger partial charge in [-0.25, -0.2) is 0 Å². The maximum atomic E-state index is 14.1. The van der Waals surface area contributed by atoms with Crippen LogP contribution in [0.3, 0.4) is 0 Å². The van der Waals surface area contributed by atoms with E-state index < -0.39 is 0 Å². The molecule has 5 aromatic rings. The van der Waals surface area contributed by atoms with Crippen molar-refractivity contribution in [3.05, 3.63) is 129 Å². The third kappa shape index (κ3) is 11.1. The van der Waals surface area contributed by atoms with Gasteiger partial charge < -0.3 is 25.3 Å². The van der Waals surface area contributed by atoms with Gasteiger partial charge in [-0.15, -0.1) is 0 Å². The molecule has 0 amide bonds. The summed E-state index contributed by atoms with van der Waals surface area (Å²) in [5.74, 6) is -0.228. The monoisotopic (exact) mass is 877 g/mol. The molecule has 0 aliphatic heterocycles. The minimum Gasteiger partial charge on any atom is -0.341 e. The van der Waals surface area contributed by atoms with Crippen molar-refractivity contribution >= 4 is 52.4 Å². The molecule has 12 nitrogen and oxygen atoms in total. The van der Waals surface area contributed by atoms with Gasteiger partial charge in [-0.1, -0.05) is 126 Å². The first-order valence-electron chi connectivity index (χ1n) is 23.9. The molecule has 12 heteroatoms. The first-order chi connectivity index (χ1) is 31.8. The fourth-order valence-corrected chi connectivity index (χ4v) is 8.84. The smallest absolute Gasteiger partial charge is 0.233 e. The largest absolute Gasteiger partial charge is 0.341 e. The number of carbonyl (C=O) groups excluding carboxylic acids is 4. The van der Waals surface area contributed by atoms with Crippen molar-refractivity contribution < 1.29 is 19.2 Å². The molecule has 1 heterocycles. The zero-order valence-corrected chi connectivity index (χ0v) is 38.6. The van der Waals surface area contributed by atoms with Crippen molar-refractivity contribution in [2.24, 2.45) is 0 Å². The van der Waals surface area contributed by atoms with E-state index in [0.29, 0.717) is 63.8 Å². The summed E-state index contributed by atoms with van der Waals surface area (Å²) in [5.41, 5.74) is 3.34. The summed E-state index contributed by atoms with van der Waals surface area (Å²) in [6.07, 6.45) is 11.0. The summed E-state index contributed by atoms with van der Waals surface area (Å²) in [5, 5.41) is 6.66. The predicted molar refractivity (Wildman–Crippen MR) is 260 cm³/mol. The lowest BCUT2D eigenvalue weighted by atomic mass is 9.83. The average molecular weight is 877 g/mol. The van der Waals surface area contributed by atoms with E-state index in [2.05, 4.69) is 53.0 Å². The fourth-order valence-electron chi connectivity index (χ4n) is 8.84. The molecule has 0 saturated carbocycles. The second-order valence-electron chi connectivity index (χ2n) is 17.2.